The van der Waals surface area contributed by atoms with E-state index in [0.29, 0.717) is 18.8 Å². The number of nitrogens with one attached hydrogen (secondary N) is 2. The highest BCUT2D eigenvalue weighted by Crippen LogP contribution is 2.13. The average molecular weight is 526 g/mol. The van der Waals surface area contributed by atoms with E-state index in [1.54, 1.807) is 7.05 Å². The van der Waals surface area contributed by atoms with Crippen molar-refractivity contribution in [2.75, 3.05) is 32.4 Å². The van der Waals surface area contributed by atoms with Crippen LogP contribution in [0.5, 0.6) is 0 Å². The van der Waals surface area contributed by atoms with Crippen LogP contribution >= 0.6 is 24.0 Å². The van der Waals surface area contributed by atoms with E-state index in [1.807, 2.05) is 30.3 Å². The first-order chi connectivity index (χ1) is 13.7. The molecule has 1 atom stereocenters. The first kappa shape index (κ1) is 23.8. The fourth-order valence-electron chi connectivity index (χ4n) is 3.32. The number of halogens is 1. The van der Waals surface area contributed by atoms with Gasteiger partial charge >= 0.3 is 0 Å². The lowest BCUT2D eigenvalue weighted by atomic mass is 10.1. The van der Waals surface area contributed by atoms with Gasteiger partial charge < -0.3 is 10.6 Å². The maximum atomic E-state index is 12.3. The van der Waals surface area contributed by atoms with E-state index in [1.165, 1.54) is 37.1 Å². The van der Waals surface area contributed by atoms with Gasteiger partial charge in [-0.05, 0) is 49.2 Å². The Morgan fingerprint density at radius 3 is 2.31 bits per heavy atom. The largest absolute Gasteiger partial charge is 0.355 e. The standard InChI is InChI=1S/C22H30N4OS.HI/c1-23-22(24-13-16-28(27)21-7-3-2-4-8-21)25-17-19-9-11-20(12-10-19)18-26-14-5-6-15-26;/h2-4,7-12H,5-6,13-18H2,1H3,(H2,23,24,25);1H. The summed E-state index contributed by atoms with van der Waals surface area (Å²) in [5, 5.41) is 6.56. The van der Waals surface area contributed by atoms with Gasteiger partial charge in [0.1, 0.15) is 0 Å². The van der Waals surface area contributed by atoms with Gasteiger partial charge in [-0.2, -0.15) is 0 Å². The van der Waals surface area contributed by atoms with E-state index >= 15 is 0 Å². The molecule has 0 aliphatic carbocycles. The third-order valence-corrected chi connectivity index (χ3v) is 6.27. The Hall–Kier alpha value is -1.45. The van der Waals surface area contributed by atoms with Crippen LogP contribution in [0, 0.1) is 0 Å². The molecule has 5 nitrogen and oxygen atoms in total. The first-order valence-electron chi connectivity index (χ1n) is 9.93. The second-order valence-corrected chi connectivity index (χ2v) is 8.59. The molecule has 0 saturated carbocycles. The summed E-state index contributed by atoms with van der Waals surface area (Å²) >= 11 is 0. The number of hydrogen-bond donors (Lipinski definition) is 2. The van der Waals surface area contributed by atoms with Crippen molar-refractivity contribution in [1.29, 1.82) is 0 Å². The highest BCUT2D eigenvalue weighted by atomic mass is 127. The van der Waals surface area contributed by atoms with Crippen LogP contribution < -0.4 is 10.6 Å². The molecule has 1 saturated heterocycles. The second-order valence-electron chi connectivity index (χ2n) is 7.01. The number of hydrogen-bond acceptors (Lipinski definition) is 3. The summed E-state index contributed by atoms with van der Waals surface area (Å²) in [4.78, 5) is 7.62. The van der Waals surface area contributed by atoms with Gasteiger partial charge in [-0.25, -0.2) is 0 Å². The molecule has 1 heterocycles. The van der Waals surface area contributed by atoms with Gasteiger partial charge in [0.15, 0.2) is 5.96 Å². The summed E-state index contributed by atoms with van der Waals surface area (Å²) < 4.78 is 12.3. The van der Waals surface area contributed by atoms with Crippen LogP contribution in [0.2, 0.25) is 0 Å². The van der Waals surface area contributed by atoms with Crippen molar-refractivity contribution in [2.45, 2.75) is 30.8 Å². The second kappa shape index (κ2) is 13.0. The molecule has 7 heteroatoms. The van der Waals surface area contributed by atoms with Gasteiger partial charge in [0, 0.05) is 37.3 Å². The summed E-state index contributed by atoms with van der Waals surface area (Å²) in [6.45, 7) is 4.82. The molecule has 0 aromatic heterocycles. The summed E-state index contributed by atoms with van der Waals surface area (Å²) in [7, 11) is 0.757. The molecular weight excluding hydrogens is 495 g/mol. The van der Waals surface area contributed by atoms with Crippen LogP contribution in [-0.4, -0.2) is 47.5 Å². The molecule has 0 spiro atoms. The van der Waals surface area contributed by atoms with E-state index in [9.17, 15) is 4.21 Å². The van der Waals surface area contributed by atoms with Crippen molar-refractivity contribution < 1.29 is 4.21 Å². The molecule has 1 fully saturated rings. The molecule has 158 valence electrons. The maximum Gasteiger partial charge on any atom is 0.191 e. The molecule has 1 aliphatic rings. The Labute approximate surface area is 193 Å². The summed E-state index contributed by atoms with van der Waals surface area (Å²) in [5.41, 5.74) is 2.59. The Morgan fingerprint density at radius 1 is 1.00 bits per heavy atom. The third kappa shape index (κ3) is 8.06. The van der Waals surface area contributed by atoms with Crippen LogP contribution in [-0.2, 0) is 23.9 Å². The van der Waals surface area contributed by atoms with E-state index in [-0.39, 0.29) is 24.0 Å². The summed E-state index contributed by atoms with van der Waals surface area (Å²) in [5.74, 6) is 1.28. The van der Waals surface area contributed by atoms with Crippen molar-refractivity contribution in [3.63, 3.8) is 0 Å². The topological polar surface area (TPSA) is 56.7 Å². The quantitative estimate of drug-likeness (QED) is 0.315. The fourth-order valence-corrected chi connectivity index (χ4v) is 4.30. The SMILES string of the molecule is CN=C(NCCS(=O)c1ccccc1)NCc1ccc(CN2CCCC2)cc1.I. The zero-order chi connectivity index (χ0) is 19.6. The molecule has 0 radical (unpaired) electrons. The molecule has 29 heavy (non-hydrogen) atoms. The van der Waals surface area contributed by atoms with Crippen molar-refractivity contribution in [3.05, 3.63) is 65.7 Å². The van der Waals surface area contributed by atoms with Gasteiger partial charge in [0.2, 0.25) is 0 Å². The van der Waals surface area contributed by atoms with Crippen molar-refractivity contribution in [1.82, 2.24) is 15.5 Å². The predicted octanol–water partition coefficient (Wildman–Crippen LogP) is 3.37. The van der Waals surface area contributed by atoms with Crippen molar-refractivity contribution in [3.8, 4) is 0 Å². The summed E-state index contributed by atoms with van der Waals surface area (Å²) in [6, 6.07) is 18.3. The van der Waals surface area contributed by atoms with Crippen LogP contribution in [0.4, 0.5) is 0 Å². The smallest absolute Gasteiger partial charge is 0.191 e. The normalized spacial score (nSPS) is 15.6. The Balaban J connectivity index is 0.00000300. The van der Waals surface area contributed by atoms with E-state index < -0.39 is 10.8 Å². The number of likely N-dealkylation sites (tertiary alicyclic amines) is 1. The Morgan fingerprint density at radius 2 is 1.66 bits per heavy atom. The molecule has 1 aliphatic heterocycles. The fraction of sp³-hybridized carbons (Fsp3) is 0.409. The van der Waals surface area contributed by atoms with Crippen molar-refractivity contribution >= 4 is 40.7 Å². The van der Waals surface area contributed by atoms with Crippen LogP contribution in [0.1, 0.15) is 24.0 Å². The van der Waals surface area contributed by atoms with Gasteiger partial charge in [-0.3, -0.25) is 14.1 Å². The molecule has 1 unspecified atom stereocenters. The van der Waals surface area contributed by atoms with Gasteiger partial charge in [-0.15, -0.1) is 24.0 Å². The van der Waals surface area contributed by atoms with Crippen LogP contribution in [0.25, 0.3) is 0 Å². The minimum atomic E-state index is -0.996. The minimum Gasteiger partial charge on any atom is -0.355 e. The predicted molar refractivity (Wildman–Crippen MR) is 132 cm³/mol. The number of nitrogens with zero attached hydrogens (tertiary/aromatic N) is 2. The monoisotopic (exact) mass is 526 g/mol. The summed E-state index contributed by atoms with van der Waals surface area (Å²) in [6.07, 6.45) is 2.65. The molecule has 2 aromatic carbocycles. The minimum absolute atomic E-state index is 0. The van der Waals surface area contributed by atoms with Gasteiger partial charge in [-0.1, -0.05) is 42.5 Å². The van der Waals surface area contributed by atoms with Crippen LogP contribution in [0.15, 0.2) is 64.5 Å². The molecule has 2 N–H and O–H groups in total. The zero-order valence-corrected chi connectivity index (χ0v) is 20.1. The van der Waals surface area contributed by atoms with Gasteiger partial charge in [0.05, 0.1) is 10.8 Å². The van der Waals surface area contributed by atoms with Crippen molar-refractivity contribution in [2.24, 2.45) is 4.99 Å². The lowest BCUT2D eigenvalue weighted by Crippen LogP contribution is -2.38. The molecular formula is C22H31IN4OS. The van der Waals surface area contributed by atoms with Gasteiger partial charge in [0.25, 0.3) is 0 Å². The number of rotatable bonds is 8. The number of guanidine groups is 1. The number of aliphatic imine (C=N–C) groups is 1. The van der Waals surface area contributed by atoms with E-state index in [0.717, 1.165) is 17.4 Å². The Bertz CT molecular complexity index is 777. The lowest BCUT2D eigenvalue weighted by molar-refractivity contribution is 0.331. The highest BCUT2D eigenvalue weighted by Gasteiger charge is 2.11. The Kier molecular flexibility index (Phi) is 10.7. The molecule has 0 amide bonds. The molecule has 3 rings (SSSR count). The first-order valence-corrected chi connectivity index (χ1v) is 11.2. The van der Waals surface area contributed by atoms with E-state index in [2.05, 4.69) is 44.8 Å². The molecule has 0 bridgehead atoms. The highest BCUT2D eigenvalue weighted by molar-refractivity contribution is 14.0. The lowest BCUT2D eigenvalue weighted by Gasteiger charge is -2.15. The zero-order valence-electron chi connectivity index (χ0n) is 17.0. The molecule has 2 aromatic rings. The van der Waals surface area contributed by atoms with Crippen LogP contribution in [0.3, 0.4) is 0 Å². The third-order valence-electron chi connectivity index (χ3n) is 4.90. The van der Waals surface area contributed by atoms with E-state index in [4.69, 9.17) is 0 Å². The maximum absolute atomic E-state index is 12.3. The average Bonchev–Trinajstić information content (AvgIpc) is 3.25. The number of benzene rings is 2.